The number of unbranched alkanes of at least 4 members (excludes halogenated alkanes) is 1. The van der Waals surface area contributed by atoms with Gasteiger partial charge in [-0.25, -0.2) is 0 Å². The van der Waals surface area contributed by atoms with Crippen molar-refractivity contribution < 1.29 is 9.53 Å². The number of ether oxygens (including phenoxy) is 1. The van der Waals surface area contributed by atoms with Gasteiger partial charge in [-0.15, -0.1) is 0 Å². The highest BCUT2D eigenvalue weighted by Gasteiger charge is 2.22. The molecular weight excluding hydrogens is 332 g/mol. The van der Waals surface area contributed by atoms with Crippen LogP contribution < -0.4 is 10.1 Å². The minimum atomic E-state index is 0.157. The number of amides is 1. The van der Waals surface area contributed by atoms with Gasteiger partial charge in [0.05, 0.1) is 0 Å². The molecule has 1 atom stereocenters. The first-order valence-corrected chi connectivity index (χ1v) is 10.8. The van der Waals surface area contributed by atoms with Crippen molar-refractivity contribution in [3.63, 3.8) is 0 Å². The highest BCUT2D eigenvalue weighted by atomic mass is 32.2. The number of hydrogen-bond donors (Lipinski definition) is 1. The second-order valence-corrected chi connectivity index (χ2v) is 7.66. The van der Waals surface area contributed by atoms with E-state index in [9.17, 15) is 4.79 Å². The first-order valence-electron chi connectivity index (χ1n) is 9.45. The number of carbonyl (C=O) groups is 1. The molecule has 0 spiro atoms. The zero-order valence-corrected chi connectivity index (χ0v) is 16.4. The van der Waals surface area contributed by atoms with Crippen LogP contribution in [0.1, 0.15) is 44.6 Å². The molecule has 0 bridgehead atoms. The number of para-hydroxylation sites is 1. The van der Waals surface area contributed by atoms with E-state index in [1.54, 1.807) is 0 Å². The molecule has 1 amide bonds. The molecule has 0 aromatic heterocycles. The number of thioether (sulfide) groups is 1. The summed E-state index contributed by atoms with van der Waals surface area (Å²) in [6.07, 6.45) is 7.33. The molecule has 0 radical (unpaired) electrons. The maximum absolute atomic E-state index is 12.1. The molecule has 0 saturated heterocycles. The third-order valence-corrected chi connectivity index (χ3v) is 5.20. The third-order valence-electron chi connectivity index (χ3n) is 4.50. The lowest BCUT2D eigenvalue weighted by molar-refractivity contribution is -0.121. The van der Waals surface area contributed by atoms with Crippen LogP contribution in [-0.2, 0) is 11.3 Å². The molecule has 1 aromatic carbocycles. The van der Waals surface area contributed by atoms with Gasteiger partial charge >= 0.3 is 0 Å². The summed E-state index contributed by atoms with van der Waals surface area (Å²) in [4.78, 5) is 14.4. The number of hydrogen-bond acceptors (Lipinski definition) is 4. The molecular formula is C20H32N2O2S. The average Bonchev–Trinajstić information content (AvgIpc) is 2.80. The first-order chi connectivity index (χ1) is 12.2. The molecule has 25 heavy (non-hydrogen) atoms. The van der Waals surface area contributed by atoms with Crippen molar-refractivity contribution in [1.29, 1.82) is 0 Å². The van der Waals surface area contributed by atoms with Crippen molar-refractivity contribution in [1.82, 2.24) is 10.2 Å². The average molecular weight is 365 g/mol. The van der Waals surface area contributed by atoms with E-state index in [0.717, 1.165) is 50.5 Å². The van der Waals surface area contributed by atoms with Gasteiger partial charge in [-0.05, 0) is 37.3 Å². The van der Waals surface area contributed by atoms with Crippen molar-refractivity contribution in [3.05, 3.63) is 29.8 Å². The summed E-state index contributed by atoms with van der Waals surface area (Å²) in [7, 11) is 0. The van der Waals surface area contributed by atoms with Crippen molar-refractivity contribution in [2.24, 2.45) is 0 Å². The Kier molecular flexibility index (Phi) is 9.19. The van der Waals surface area contributed by atoms with E-state index in [0.29, 0.717) is 6.42 Å². The van der Waals surface area contributed by atoms with E-state index < -0.39 is 0 Å². The van der Waals surface area contributed by atoms with Crippen LogP contribution in [0.5, 0.6) is 5.75 Å². The van der Waals surface area contributed by atoms with Crippen LogP contribution >= 0.6 is 11.8 Å². The van der Waals surface area contributed by atoms with Crippen LogP contribution in [0.25, 0.3) is 0 Å². The zero-order valence-electron chi connectivity index (χ0n) is 15.6. The molecule has 1 N–H and O–H groups in total. The molecule has 0 unspecified atom stereocenters. The van der Waals surface area contributed by atoms with Gasteiger partial charge in [-0.3, -0.25) is 9.69 Å². The fourth-order valence-corrected chi connectivity index (χ4v) is 3.54. The van der Waals surface area contributed by atoms with Crippen LogP contribution in [0.4, 0.5) is 0 Å². The summed E-state index contributed by atoms with van der Waals surface area (Å²) in [5.41, 5.74) is 1.22. The first kappa shape index (κ1) is 20.1. The number of rotatable bonds is 10. The zero-order chi connectivity index (χ0) is 17.9. The summed E-state index contributed by atoms with van der Waals surface area (Å²) in [5.74, 6) is 2.26. The van der Waals surface area contributed by atoms with Gasteiger partial charge in [0, 0.05) is 38.2 Å². The summed E-state index contributed by atoms with van der Waals surface area (Å²) in [6.45, 7) is 5.54. The van der Waals surface area contributed by atoms with Crippen molar-refractivity contribution in [2.45, 2.75) is 51.7 Å². The number of carbonyl (C=O) groups excluding carboxylic acids is 1. The molecule has 5 heteroatoms. The Bertz CT molecular complexity index is 524. The van der Waals surface area contributed by atoms with Gasteiger partial charge < -0.3 is 10.1 Å². The fraction of sp³-hybridized carbons (Fsp3) is 0.650. The lowest BCUT2D eigenvalue weighted by Crippen LogP contribution is -2.36. The summed E-state index contributed by atoms with van der Waals surface area (Å²) in [6, 6.07) is 8.29. The van der Waals surface area contributed by atoms with Gasteiger partial charge in [0.15, 0.2) is 0 Å². The summed E-state index contributed by atoms with van der Waals surface area (Å²) < 4.78 is 6.24. The van der Waals surface area contributed by atoms with Crippen LogP contribution in [0.3, 0.4) is 0 Å². The smallest absolute Gasteiger partial charge is 0.221 e. The maximum Gasteiger partial charge on any atom is 0.221 e. The number of benzene rings is 1. The van der Waals surface area contributed by atoms with Gasteiger partial charge in [0.1, 0.15) is 11.9 Å². The minimum absolute atomic E-state index is 0.157. The molecule has 4 nitrogen and oxygen atoms in total. The van der Waals surface area contributed by atoms with Gasteiger partial charge in [-0.1, -0.05) is 31.5 Å². The predicted molar refractivity (Wildman–Crippen MR) is 106 cm³/mol. The summed E-state index contributed by atoms with van der Waals surface area (Å²) in [5, 5.41) is 3.03. The molecule has 1 aliphatic heterocycles. The molecule has 140 valence electrons. The lowest BCUT2D eigenvalue weighted by Gasteiger charge is -2.23. The van der Waals surface area contributed by atoms with Crippen molar-refractivity contribution in [3.8, 4) is 5.75 Å². The van der Waals surface area contributed by atoms with Gasteiger partial charge in [0.2, 0.25) is 5.91 Å². The van der Waals surface area contributed by atoms with E-state index in [-0.39, 0.29) is 12.0 Å². The monoisotopic (exact) mass is 364 g/mol. The quantitative estimate of drug-likeness (QED) is 0.643. The van der Waals surface area contributed by atoms with E-state index in [2.05, 4.69) is 41.6 Å². The largest absolute Gasteiger partial charge is 0.489 e. The SMILES string of the molecule is CCCC[C@H]1CN(CCC(=O)NCCCSC)Cc2ccccc2O1. The Hall–Kier alpha value is -1.20. The van der Waals surface area contributed by atoms with Crippen LogP contribution in [0.15, 0.2) is 24.3 Å². The maximum atomic E-state index is 12.1. The molecule has 0 fully saturated rings. The van der Waals surface area contributed by atoms with E-state index in [1.807, 2.05) is 17.8 Å². The van der Waals surface area contributed by atoms with Crippen LogP contribution in [0, 0.1) is 0 Å². The lowest BCUT2D eigenvalue weighted by atomic mass is 10.1. The van der Waals surface area contributed by atoms with E-state index in [4.69, 9.17) is 4.74 Å². The Morgan fingerprint density at radius 1 is 1.36 bits per heavy atom. The topological polar surface area (TPSA) is 41.6 Å². The van der Waals surface area contributed by atoms with Crippen LogP contribution in [-0.4, -0.2) is 48.6 Å². The second kappa shape index (κ2) is 11.4. The predicted octanol–water partition coefficient (Wildman–Crippen LogP) is 3.70. The van der Waals surface area contributed by atoms with E-state index in [1.165, 1.54) is 18.4 Å². The second-order valence-electron chi connectivity index (χ2n) is 6.67. The number of fused-ring (bicyclic) bond motifs is 1. The van der Waals surface area contributed by atoms with Crippen molar-refractivity contribution in [2.75, 3.05) is 31.6 Å². The Balaban J connectivity index is 1.86. The number of nitrogens with one attached hydrogen (secondary N) is 1. The molecule has 1 aliphatic rings. The Morgan fingerprint density at radius 3 is 3.00 bits per heavy atom. The Morgan fingerprint density at radius 2 is 2.20 bits per heavy atom. The standard InChI is InChI=1S/C20H32N2O2S/c1-3-4-9-18-16-22(13-11-20(23)21-12-7-14-25-2)15-17-8-5-6-10-19(17)24-18/h5-6,8,10,18H,3-4,7,9,11-16H2,1-2H3,(H,21,23)/t18-/m0/s1. The normalized spacial score (nSPS) is 17.4. The molecule has 2 rings (SSSR count). The third kappa shape index (κ3) is 7.28. The summed E-state index contributed by atoms with van der Waals surface area (Å²) >= 11 is 1.82. The van der Waals surface area contributed by atoms with Crippen molar-refractivity contribution >= 4 is 17.7 Å². The molecule has 0 saturated carbocycles. The molecule has 1 heterocycles. The van der Waals surface area contributed by atoms with Gasteiger partial charge in [0.25, 0.3) is 0 Å². The van der Waals surface area contributed by atoms with Gasteiger partial charge in [-0.2, -0.15) is 11.8 Å². The fourth-order valence-electron chi connectivity index (χ4n) is 3.10. The number of nitrogens with zero attached hydrogens (tertiary/aromatic N) is 1. The molecule has 0 aliphatic carbocycles. The minimum Gasteiger partial charge on any atom is -0.489 e. The van der Waals surface area contributed by atoms with Crippen LogP contribution in [0.2, 0.25) is 0 Å². The highest BCUT2D eigenvalue weighted by Crippen LogP contribution is 2.26. The van der Waals surface area contributed by atoms with E-state index >= 15 is 0 Å². The highest BCUT2D eigenvalue weighted by molar-refractivity contribution is 7.98. The molecule has 1 aromatic rings. The Labute approximate surface area is 156 Å².